The van der Waals surface area contributed by atoms with E-state index in [2.05, 4.69) is 0 Å². The van der Waals surface area contributed by atoms with Crippen LogP contribution < -0.4 is 0 Å². The minimum Gasteiger partial charge on any atom is -0.481 e. The Bertz CT molecular complexity index is 374. The molecule has 14 heavy (non-hydrogen) atoms. The molecule has 0 radical (unpaired) electrons. The van der Waals surface area contributed by atoms with Crippen molar-refractivity contribution >= 4 is 5.97 Å². The lowest BCUT2D eigenvalue weighted by Crippen LogP contribution is -2.22. The van der Waals surface area contributed by atoms with Crippen molar-refractivity contribution in [2.45, 2.75) is 19.3 Å². The predicted octanol–water partition coefficient (Wildman–Crippen LogP) is 2.02. The monoisotopic (exact) mass is 194 g/mol. The molecule has 0 saturated carbocycles. The number of hydrogen-bond donors (Lipinski definition) is 1. The first kappa shape index (κ1) is 9.19. The first-order valence-corrected chi connectivity index (χ1v) is 4.67. The number of halogens is 1. The van der Waals surface area contributed by atoms with E-state index in [1.54, 1.807) is 6.07 Å². The number of benzene rings is 1. The van der Waals surface area contributed by atoms with Crippen LogP contribution in [-0.2, 0) is 17.6 Å². The summed E-state index contributed by atoms with van der Waals surface area (Å²) in [6.07, 6.45) is 1.82. The number of carboxylic acids is 1. The third-order valence-electron chi connectivity index (χ3n) is 2.75. The summed E-state index contributed by atoms with van der Waals surface area (Å²) in [5.41, 5.74) is 1.94. The van der Waals surface area contributed by atoms with Gasteiger partial charge in [-0.25, -0.2) is 4.39 Å². The molecular formula is C11H11FO2. The highest BCUT2D eigenvalue weighted by molar-refractivity contribution is 5.71. The first-order chi connectivity index (χ1) is 6.66. The Balaban J connectivity index is 2.27. The lowest BCUT2D eigenvalue weighted by molar-refractivity contribution is -0.142. The molecular weight excluding hydrogens is 183 g/mol. The van der Waals surface area contributed by atoms with Gasteiger partial charge < -0.3 is 5.11 Å². The summed E-state index contributed by atoms with van der Waals surface area (Å²) in [6, 6.07) is 4.59. The molecule has 1 aromatic carbocycles. The topological polar surface area (TPSA) is 37.3 Å². The maximum Gasteiger partial charge on any atom is 0.306 e. The molecule has 0 spiro atoms. The van der Waals surface area contributed by atoms with Gasteiger partial charge in [0.15, 0.2) is 0 Å². The van der Waals surface area contributed by atoms with Gasteiger partial charge in [-0.15, -0.1) is 0 Å². The highest BCUT2D eigenvalue weighted by Gasteiger charge is 2.24. The van der Waals surface area contributed by atoms with Crippen molar-refractivity contribution in [1.29, 1.82) is 0 Å². The van der Waals surface area contributed by atoms with Crippen molar-refractivity contribution in [2.75, 3.05) is 0 Å². The molecule has 3 heteroatoms. The fourth-order valence-corrected chi connectivity index (χ4v) is 1.93. The van der Waals surface area contributed by atoms with E-state index in [0.717, 1.165) is 11.1 Å². The highest BCUT2D eigenvalue weighted by Crippen LogP contribution is 2.26. The van der Waals surface area contributed by atoms with E-state index in [0.29, 0.717) is 19.3 Å². The number of hydrogen-bond acceptors (Lipinski definition) is 1. The molecule has 0 amide bonds. The van der Waals surface area contributed by atoms with Crippen LogP contribution in [0.1, 0.15) is 17.5 Å². The van der Waals surface area contributed by atoms with E-state index in [-0.39, 0.29) is 11.7 Å². The molecule has 0 heterocycles. The molecule has 0 unspecified atom stereocenters. The van der Waals surface area contributed by atoms with Gasteiger partial charge in [0.1, 0.15) is 5.82 Å². The second-order valence-electron chi connectivity index (χ2n) is 3.69. The molecule has 1 aliphatic carbocycles. The zero-order valence-electron chi connectivity index (χ0n) is 7.66. The van der Waals surface area contributed by atoms with Crippen LogP contribution in [0.4, 0.5) is 4.39 Å². The predicted molar refractivity (Wildman–Crippen MR) is 49.6 cm³/mol. The van der Waals surface area contributed by atoms with Gasteiger partial charge in [0.2, 0.25) is 0 Å². The maximum atomic E-state index is 12.8. The molecule has 1 aromatic rings. The van der Waals surface area contributed by atoms with Crippen molar-refractivity contribution in [3.8, 4) is 0 Å². The van der Waals surface area contributed by atoms with Crippen molar-refractivity contribution in [3.63, 3.8) is 0 Å². The third-order valence-corrected chi connectivity index (χ3v) is 2.75. The van der Waals surface area contributed by atoms with Crippen LogP contribution in [0, 0.1) is 11.7 Å². The summed E-state index contributed by atoms with van der Waals surface area (Å²) in [4.78, 5) is 10.8. The molecule has 0 fully saturated rings. The SMILES string of the molecule is O=C(O)[C@@H]1CCc2cc(F)ccc2C1. The number of rotatable bonds is 1. The van der Waals surface area contributed by atoms with Crippen LogP contribution in [-0.4, -0.2) is 11.1 Å². The summed E-state index contributed by atoms with van der Waals surface area (Å²) in [5, 5.41) is 8.84. The van der Waals surface area contributed by atoms with E-state index in [1.807, 2.05) is 0 Å². The molecule has 2 nitrogen and oxygen atoms in total. The first-order valence-electron chi connectivity index (χ1n) is 4.67. The Kier molecular flexibility index (Phi) is 2.23. The van der Waals surface area contributed by atoms with E-state index >= 15 is 0 Å². The van der Waals surface area contributed by atoms with Crippen LogP contribution >= 0.6 is 0 Å². The van der Waals surface area contributed by atoms with Crippen LogP contribution in [0.2, 0.25) is 0 Å². The zero-order chi connectivity index (χ0) is 10.1. The minimum atomic E-state index is -0.750. The third kappa shape index (κ3) is 1.62. The van der Waals surface area contributed by atoms with Crippen molar-refractivity contribution in [2.24, 2.45) is 5.92 Å². The average molecular weight is 194 g/mol. The van der Waals surface area contributed by atoms with Crippen LogP contribution in [0.25, 0.3) is 0 Å². The summed E-state index contributed by atoms with van der Waals surface area (Å²) < 4.78 is 12.8. The lowest BCUT2D eigenvalue weighted by atomic mass is 9.84. The van der Waals surface area contributed by atoms with Crippen molar-refractivity contribution < 1.29 is 14.3 Å². The molecule has 0 aromatic heterocycles. The Morgan fingerprint density at radius 2 is 2.21 bits per heavy atom. The van der Waals surface area contributed by atoms with Crippen molar-refractivity contribution in [1.82, 2.24) is 0 Å². The molecule has 0 aliphatic heterocycles. The molecule has 74 valence electrons. The van der Waals surface area contributed by atoms with Crippen LogP contribution in [0.3, 0.4) is 0 Å². The number of aryl methyl sites for hydroxylation is 1. The summed E-state index contributed by atoms with van der Waals surface area (Å²) in [5.74, 6) is -1.29. The van der Waals surface area contributed by atoms with E-state index in [4.69, 9.17) is 5.11 Å². The zero-order valence-corrected chi connectivity index (χ0v) is 7.66. The Morgan fingerprint density at radius 3 is 2.93 bits per heavy atom. The largest absolute Gasteiger partial charge is 0.481 e. The Morgan fingerprint density at radius 1 is 1.43 bits per heavy atom. The van der Waals surface area contributed by atoms with Crippen LogP contribution in [0.15, 0.2) is 18.2 Å². The number of carboxylic acid groups (broad SMARTS) is 1. The summed E-state index contributed by atoms with van der Waals surface area (Å²) >= 11 is 0. The maximum absolute atomic E-state index is 12.8. The fourth-order valence-electron chi connectivity index (χ4n) is 1.93. The lowest BCUT2D eigenvalue weighted by Gasteiger charge is -2.21. The number of fused-ring (bicyclic) bond motifs is 1. The molecule has 1 N–H and O–H groups in total. The molecule has 0 bridgehead atoms. The van der Waals surface area contributed by atoms with E-state index < -0.39 is 5.97 Å². The molecule has 1 atom stereocenters. The smallest absolute Gasteiger partial charge is 0.306 e. The van der Waals surface area contributed by atoms with Gasteiger partial charge in [0.25, 0.3) is 0 Å². The normalized spacial score (nSPS) is 20.2. The van der Waals surface area contributed by atoms with Crippen LogP contribution in [0.5, 0.6) is 0 Å². The minimum absolute atomic E-state index is 0.238. The Labute approximate surface area is 81.4 Å². The quantitative estimate of drug-likeness (QED) is 0.742. The van der Waals surface area contributed by atoms with Gasteiger partial charge in [0, 0.05) is 0 Å². The highest BCUT2D eigenvalue weighted by atomic mass is 19.1. The molecule has 0 saturated heterocycles. The molecule has 1 aliphatic rings. The van der Waals surface area contributed by atoms with Gasteiger partial charge in [-0.1, -0.05) is 6.07 Å². The number of aliphatic carboxylic acids is 1. The van der Waals surface area contributed by atoms with Gasteiger partial charge in [-0.2, -0.15) is 0 Å². The summed E-state index contributed by atoms with van der Waals surface area (Å²) in [7, 11) is 0. The summed E-state index contributed by atoms with van der Waals surface area (Å²) in [6.45, 7) is 0. The standard InChI is InChI=1S/C11H11FO2/c12-10-4-3-7-5-9(11(13)14)2-1-8(7)6-10/h3-4,6,9H,1-2,5H2,(H,13,14)/t9-/m1/s1. The molecule has 2 rings (SSSR count). The fraction of sp³-hybridized carbons (Fsp3) is 0.364. The van der Waals surface area contributed by atoms with Gasteiger partial charge in [-0.3, -0.25) is 4.79 Å². The van der Waals surface area contributed by atoms with Gasteiger partial charge in [0.05, 0.1) is 5.92 Å². The van der Waals surface area contributed by atoms with Gasteiger partial charge in [-0.05, 0) is 42.5 Å². The van der Waals surface area contributed by atoms with E-state index in [9.17, 15) is 9.18 Å². The van der Waals surface area contributed by atoms with E-state index in [1.165, 1.54) is 12.1 Å². The second-order valence-corrected chi connectivity index (χ2v) is 3.69. The van der Waals surface area contributed by atoms with Gasteiger partial charge >= 0.3 is 5.97 Å². The second kappa shape index (κ2) is 3.40. The van der Waals surface area contributed by atoms with Crippen molar-refractivity contribution in [3.05, 3.63) is 35.1 Å². The number of carbonyl (C=O) groups is 1. The average Bonchev–Trinajstić information content (AvgIpc) is 2.16. The Hall–Kier alpha value is -1.38.